The van der Waals surface area contributed by atoms with Crippen molar-refractivity contribution in [1.82, 2.24) is 19.8 Å². The Morgan fingerprint density at radius 3 is 2.90 bits per heavy atom. The SMILES string of the molecule is CCC(=O)N1CC(Nc2cc(C(=O)CC[C@H](O)CN3CCc4c(ccc(OCc5cnco5)c4C)C3)ccn2)C1. The Morgan fingerprint density at radius 2 is 2.12 bits per heavy atom. The molecule has 2 N–H and O–H groups in total. The number of likely N-dealkylation sites (tertiary alicyclic amines) is 1. The molecular formula is C30H37N5O5. The van der Waals surface area contributed by atoms with Crippen LogP contribution in [0.5, 0.6) is 5.75 Å². The number of pyridine rings is 1. The number of rotatable bonds is 12. The lowest BCUT2D eigenvalue weighted by Gasteiger charge is -2.39. The molecule has 1 fully saturated rings. The summed E-state index contributed by atoms with van der Waals surface area (Å²) in [5.41, 5.74) is 4.25. The molecule has 4 heterocycles. The fourth-order valence-corrected chi connectivity index (χ4v) is 5.37. The number of aromatic nitrogens is 2. The topological polar surface area (TPSA) is 121 Å². The summed E-state index contributed by atoms with van der Waals surface area (Å²) in [6.45, 7) is 7.70. The van der Waals surface area contributed by atoms with Crippen LogP contribution in [-0.2, 0) is 24.4 Å². The first-order valence-corrected chi connectivity index (χ1v) is 13.9. The van der Waals surface area contributed by atoms with Gasteiger partial charge in [0.25, 0.3) is 0 Å². The molecule has 212 valence electrons. The number of hydrogen-bond donors (Lipinski definition) is 2. The zero-order chi connectivity index (χ0) is 28.1. The number of Topliss-reactive ketones (excluding diaryl/α,β-unsaturated/α-hetero) is 1. The number of hydrogen-bond acceptors (Lipinski definition) is 9. The van der Waals surface area contributed by atoms with Crippen molar-refractivity contribution in [3.05, 3.63) is 71.1 Å². The monoisotopic (exact) mass is 547 g/mol. The third-order valence-corrected chi connectivity index (χ3v) is 7.72. The summed E-state index contributed by atoms with van der Waals surface area (Å²) in [4.78, 5) is 36.9. The van der Waals surface area contributed by atoms with Gasteiger partial charge in [-0.1, -0.05) is 13.0 Å². The molecule has 3 aromatic rings. The van der Waals surface area contributed by atoms with E-state index < -0.39 is 6.10 Å². The number of carbonyl (C=O) groups is 2. The highest BCUT2D eigenvalue weighted by atomic mass is 16.5. The fourth-order valence-electron chi connectivity index (χ4n) is 5.37. The van der Waals surface area contributed by atoms with Crippen LogP contribution in [0.2, 0.25) is 0 Å². The molecule has 1 aromatic carbocycles. The van der Waals surface area contributed by atoms with Gasteiger partial charge < -0.3 is 24.5 Å². The van der Waals surface area contributed by atoms with E-state index in [9.17, 15) is 14.7 Å². The molecule has 2 aliphatic heterocycles. The molecule has 40 heavy (non-hydrogen) atoms. The molecule has 1 atom stereocenters. The molecule has 0 aliphatic carbocycles. The molecule has 0 spiro atoms. The normalized spacial score (nSPS) is 16.2. The number of carbonyl (C=O) groups excluding carboxylic acids is 2. The maximum Gasteiger partial charge on any atom is 0.222 e. The van der Waals surface area contributed by atoms with E-state index in [4.69, 9.17) is 9.15 Å². The highest BCUT2D eigenvalue weighted by molar-refractivity contribution is 5.96. The Labute approximate surface area is 234 Å². The van der Waals surface area contributed by atoms with Crippen molar-refractivity contribution in [3.8, 4) is 5.75 Å². The smallest absolute Gasteiger partial charge is 0.222 e. The predicted molar refractivity (Wildman–Crippen MR) is 149 cm³/mol. The Balaban J connectivity index is 1.07. The van der Waals surface area contributed by atoms with Crippen LogP contribution in [0.4, 0.5) is 5.82 Å². The second-order valence-corrected chi connectivity index (χ2v) is 10.6. The molecule has 0 bridgehead atoms. The van der Waals surface area contributed by atoms with Crippen molar-refractivity contribution in [2.24, 2.45) is 0 Å². The number of aliphatic hydroxyl groups is 1. The fraction of sp³-hybridized carbons (Fsp3) is 0.467. The summed E-state index contributed by atoms with van der Waals surface area (Å²) in [5, 5.41) is 14.0. The number of β-amino-alcohol motifs (C(OH)–C–C–N with tert-alkyl or cyclic N) is 1. The van der Waals surface area contributed by atoms with Crippen LogP contribution in [0.1, 0.15) is 59.0 Å². The molecule has 10 nitrogen and oxygen atoms in total. The van der Waals surface area contributed by atoms with Gasteiger partial charge in [-0.3, -0.25) is 14.5 Å². The lowest BCUT2D eigenvalue weighted by Crippen LogP contribution is -2.56. The molecule has 2 aromatic heterocycles. The third-order valence-electron chi connectivity index (χ3n) is 7.72. The van der Waals surface area contributed by atoms with Crippen molar-refractivity contribution in [1.29, 1.82) is 0 Å². The summed E-state index contributed by atoms with van der Waals surface area (Å²) < 4.78 is 11.2. The van der Waals surface area contributed by atoms with Crippen LogP contribution in [0.25, 0.3) is 0 Å². The minimum atomic E-state index is -0.590. The number of oxazole rings is 1. The highest BCUT2D eigenvalue weighted by Gasteiger charge is 2.29. The minimum Gasteiger partial charge on any atom is -0.485 e. The quantitative estimate of drug-likeness (QED) is 0.329. The Hall–Kier alpha value is -3.76. The first-order chi connectivity index (χ1) is 19.4. The number of benzene rings is 1. The van der Waals surface area contributed by atoms with Crippen LogP contribution in [-0.4, -0.2) is 74.9 Å². The standard InChI is InChI=1S/C30H37N5O5/c1-3-30(38)35-15-23(16-35)33-29-12-21(8-10-32-29)27(37)6-5-24(36)17-34-11-9-26-20(2)28(7-4-22(26)14-34)39-18-25-13-31-19-40-25/h4,7-8,10,12-13,19,23-24,36H,3,5-6,9,11,14-18H2,1-2H3,(H,32,33)/t24-/m0/s1. The molecule has 0 radical (unpaired) electrons. The van der Waals surface area contributed by atoms with Crippen molar-refractivity contribution in [2.75, 3.05) is 31.5 Å². The second-order valence-electron chi connectivity index (χ2n) is 10.6. The molecular weight excluding hydrogens is 510 g/mol. The van der Waals surface area contributed by atoms with Crippen molar-refractivity contribution < 1.29 is 23.8 Å². The van der Waals surface area contributed by atoms with E-state index >= 15 is 0 Å². The first kappa shape index (κ1) is 27.8. The predicted octanol–water partition coefficient (Wildman–Crippen LogP) is 3.37. The number of fused-ring (bicyclic) bond motifs is 1. The number of ether oxygens (including phenoxy) is 1. The average Bonchev–Trinajstić information content (AvgIpc) is 3.46. The van der Waals surface area contributed by atoms with Gasteiger partial charge in [-0.2, -0.15) is 0 Å². The zero-order valence-corrected chi connectivity index (χ0v) is 23.1. The molecule has 2 aliphatic rings. The lowest BCUT2D eigenvalue weighted by molar-refractivity contribution is -0.134. The molecule has 0 saturated carbocycles. The van der Waals surface area contributed by atoms with E-state index in [0.717, 1.165) is 30.8 Å². The Bertz CT molecular complexity index is 1320. The van der Waals surface area contributed by atoms with Gasteiger partial charge in [0, 0.05) is 57.3 Å². The maximum atomic E-state index is 12.9. The highest BCUT2D eigenvalue weighted by Crippen LogP contribution is 2.30. The van der Waals surface area contributed by atoms with E-state index in [1.807, 2.05) is 17.9 Å². The number of nitrogens with one attached hydrogen (secondary N) is 1. The Kier molecular flexibility index (Phi) is 8.76. The minimum absolute atomic E-state index is 0.0154. The molecule has 1 saturated heterocycles. The van der Waals surface area contributed by atoms with Crippen molar-refractivity contribution in [3.63, 3.8) is 0 Å². The van der Waals surface area contributed by atoms with Crippen LogP contribution >= 0.6 is 0 Å². The molecule has 0 unspecified atom stereocenters. The average molecular weight is 548 g/mol. The maximum absolute atomic E-state index is 12.9. The number of ketones is 1. The van der Waals surface area contributed by atoms with E-state index in [1.165, 1.54) is 17.5 Å². The van der Waals surface area contributed by atoms with Crippen molar-refractivity contribution >= 4 is 17.5 Å². The number of amides is 1. The number of aliphatic hydroxyl groups excluding tert-OH is 1. The van der Waals surface area contributed by atoms with Crippen molar-refractivity contribution in [2.45, 2.75) is 64.8 Å². The van der Waals surface area contributed by atoms with Crippen LogP contribution in [0, 0.1) is 6.92 Å². The van der Waals surface area contributed by atoms with Gasteiger partial charge in [-0.15, -0.1) is 0 Å². The zero-order valence-electron chi connectivity index (χ0n) is 23.1. The van der Waals surface area contributed by atoms with Gasteiger partial charge in [0.1, 0.15) is 18.2 Å². The van der Waals surface area contributed by atoms with E-state index in [0.29, 0.717) is 56.2 Å². The number of anilines is 1. The van der Waals surface area contributed by atoms with Gasteiger partial charge in [0.15, 0.2) is 17.9 Å². The van der Waals surface area contributed by atoms with Crippen LogP contribution < -0.4 is 10.1 Å². The van der Waals surface area contributed by atoms with Gasteiger partial charge in [-0.25, -0.2) is 9.97 Å². The number of nitrogens with zero attached hydrogens (tertiary/aromatic N) is 4. The van der Waals surface area contributed by atoms with Crippen LogP contribution in [0.3, 0.4) is 0 Å². The van der Waals surface area contributed by atoms with E-state index in [1.54, 1.807) is 24.5 Å². The summed E-state index contributed by atoms with van der Waals surface area (Å²) in [6, 6.07) is 7.70. The molecule has 1 amide bonds. The van der Waals surface area contributed by atoms with Gasteiger partial charge in [0.05, 0.1) is 18.3 Å². The summed E-state index contributed by atoms with van der Waals surface area (Å²) in [5.74, 6) is 2.30. The van der Waals surface area contributed by atoms with E-state index in [2.05, 4.69) is 33.2 Å². The summed E-state index contributed by atoms with van der Waals surface area (Å²) >= 11 is 0. The second kappa shape index (κ2) is 12.6. The van der Waals surface area contributed by atoms with Gasteiger partial charge in [-0.05, 0) is 54.7 Å². The largest absolute Gasteiger partial charge is 0.485 e. The third kappa shape index (κ3) is 6.68. The van der Waals surface area contributed by atoms with Gasteiger partial charge >= 0.3 is 0 Å². The molecule has 5 rings (SSSR count). The van der Waals surface area contributed by atoms with Crippen LogP contribution in [0.15, 0.2) is 47.5 Å². The van der Waals surface area contributed by atoms with E-state index in [-0.39, 0.29) is 24.2 Å². The van der Waals surface area contributed by atoms with Gasteiger partial charge in [0.2, 0.25) is 5.91 Å². The summed E-state index contributed by atoms with van der Waals surface area (Å²) in [6.07, 6.45) is 6.13. The lowest BCUT2D eigenvalue weighted by atomic mass is 9.94. The first-order valence-electron chi connectivity index (χ1n) is 13.9. The molecule has 10 heteroatoms. The Morgan fingerprint density at radius 1 is 1.27 bits per heavy atom. The summed E-state index contributed by atoms with van der Waals surface area (Å²) in [7, 11) is 0.